The average molecular weight is 324 g/mol. The van der Waals surface area contributed by atoms with Crippen molar-refractivity contribution in [2.45, 2.75) is 0 Å². The normalized spacial score (nSPS) is 10.9. The van der Waals surface area contributed by atoms with E-state index in [1.165, 1.54) is 30.5 Å². The van der Waals surface area contributed by atoms with E-state index in [1.807, 2.05) is 0 Å². The summed E-state index contributed by atoms with van der Waals surface area (Å²) in [5.41, 5.74) is 1.22. The molecule has 0 spiro atoms. The lowest BCUT2D eigenvalue weighted by Gasteiger charge is -2.05. The molecule has 0 fully saturated rings. The SMILES string of the molecule is Fc1ccc(-c2nc3nccc(Oc4ccccc4F)c3o2)cc1. The predicted molar refractivity (Wildman–Crippen MR) is 83.7 cm³/mol. The first-order valence-corrected chi connectivity index (χ1v) is 7.14. The highest BCUT2D eigenvalue weighted by atomic mass is 19.1. The van der Waals surface area contributed by atoms with Gasteiger partial charge in [-0.25, -0.2) is 13.8 Å². The molecule has 0 N–H and O–H groups in total. The lowest BCUT2D eigenvalue weighted by molar-refractivity contribution is 0.437. The molecule has 0 aliphatic heterocycles. The highest BCUT2D eigenvalue weighted by Gasteiger charge is 2.15. The van der Waals surface area contributed by atoms with Crippen LogP contribution in [-0.4, -0.2) is 9.97 Å². The van der Waals surface area contributed by atoms with Crippen molar-refractivity contribution < 1.29 is 17.9 Å². The van der Waals surface area contributed by atoms with Crippen molar-refractivity contribution in [3.8, 4) is 23.0 Å². The van der Waals surface area contributed by atoms with E-state index in [-0.39, 0.29) is 17.5 Å². The van der Waals surface area contributed by atoms with Crippen molar-refractivity contribution in [3.63, 3.8) is 0 Å². The summed E-state index contributed by atoms with van der Waals surface area (Å²) in [6, 6.07) is 13.4. The minimum absolute atomic E-state index is 0.0738. The zero-order chi connectivity index (χ0) is 16.5. The maximum Gasteiger partial charge on any atom is 0.229 e. The third-order valence-corrected chi connectivity index (χ3v) is 3.40. The second kappa shape index (κ2) is 5.73. The largest absolute Gasteiger partial charge is 0.450 e. The Hall–Kier alpha value is -3.28. The van der Waals surface area contributed by atoms with Gasteiger partial charge in [0.2, 0.25) is 17.1 Å². The van der Waals surface area contributed by atoms with Crippen LogP contribution in [0, 0.1) is 11.6 Å². The van der Waals surface area contributed by atoms with Gasteiger partial charge in [-0.1, -0.05) is 12.1 Å². The van der Waals surface area contributed by atoms with E-state index in [0.29, 0.717) is 22.5 Å². The maximum atomic E-state index is 13.8. The van der Waals surface area contributed by atoms with Gasteiger partial charge in [0.05, 0.1) is 0 Å². The Morgan fingerprint density at radius 1 is 0.875 bits per heavy atom. The van der Waals surface area contributed by atoms with Crippen LogP contribution in [0.5, 0.6) is 11.5 Å². The van der Waals surface area contributed by atoms with E-state index in [4.69, 9.17) is 9.15 Å². The maximum absolute atomic E-state index is 13.8. The van der Waals surface area contributed by atoms with Crippen LogP contribution in [0.1, 0.15) is 0 Å². The molecule has 4 aromatic rings. The van der Waals surface area contributed by atoms with Gasteiger partial charge in [-0.05, 0) is 36.4 Å². The Morgan fingerprint density at radius 2 is 1.67 bits per heavy atom. The first-order chi connectivity index (χ1) is 11.7. The van der Waals surface area contributed by atoms with Crippen molar-refractivity contribution in [1.82, 2.24) is 9.97 Å². The van der Waals surface area contributed by atoms with Crippen LogP contribution < -0.4 is 4.74 Å². The zero-order valence-electron chi connectivity index (χ0n) is 12.2. The Kier molecular flexibility index (Phi) is 3.42. The molecule has 0 radical (unpaired) electrons. The number of aromatic nitrogens is 2. The number of ether oxygens (including phenoxy) is 1. The van der Waals surface area contributed by atoms with Gasteiger partial charge in [-0.15, -0.1) is 0 Å². The number of fused-ring (bicyclic) bond motifs is 1. The molecule has 0 bridgehead atoms. The standard InChI is InChI=1S/C18H10F2N2O2/c19-12-7-5-11(6-8-12)18-22-17-16(24-18)15(9-10-21-17)23-14-4-2-1-3-13(14)20/h1-10H. The van der Waals surface area contributed by atoms with Crippen molar-refractivity contribution in [2.24, 2.45) is 0 Å². The minimum Gasteiger partial charge on any atom is -0.450 e. The lowest BCUT2D eigenvalue weighted by Crippen LogP contribution is -1.89. The van der Waals surface area contributed by atoms with E-state index in [9.17, 15) is 8.78 Å². The molecule has 2 aromatic heterocycles. The molecule has 0 saturated carbocycles. The number of hydrogen-bond acceptors (Lipinski definition) is 4. The quantitative estimate of drug-likeness (QED) is 0.534. The van der Waals surface area contributed by atoms with Crippen LogP contribution in [0.25, 0.3) is 22.7 Å². The molecule has 0 atom stereocenters. The van der Waals surface area contributed by atoms with Gasteiger partial charge in [0.25, 0.3) is 0 Å². The number of pyridine rings is 1. The van der Waals surface area contributed by atoms with Crippen LogP contribution in [0.2, 0.25) is 0 Å². The smallest absolute Gasteiger partial charge is 0.229 e. The number of halogens is 2. The minimum atomic E-state index is -0.485. The molecule has 0 unspecified atom stereocenters. The second-order valence-electron chi connectivity index (χ2n) is 5.02. The molecule has 24 heavy (non-hydrogen) atoms. The van der Waals surface area contributed by atoms with Crippen LogP contribution >= 0.6 is 0 Å². The van der Waals surface area contributed by atoms with Crippen molar-refractivity contribution in [3.05, 3.63) is 72.4 Å². The topological polar surface area (TPSA) is 48.2 Å². The average Bonchev–Trinajstić information content (AvgIpc) is 3.03. The Labute approximate surface area is 135 Å². The van der Waals surface area contributed by atoms with E-state index in [2.05, 4.69) is 9.97 Å². The number of nitrogens with zero attached hydrogens (tertiary/aromatic N) is 2. The summed E-state index contributed by atoms with van der Waals surface area (Å²) in [6.07, 6.45) is 1.50. The molecule has 6 heteroatoms. The number of para-hydroxylation sites is 1. The number of rotatable bonds is 3. The van der Waals surface area contributed by atoms with Gasteiger partial charge in [0.1, 0.15) is 5.82 Å². The Morgan fingerprint density at radius 3 is 2.46 bits per heavy atom. The molecule has 4 rings (SSSR count). The van der Waals surface area contributed by atoms with Crippen molar-refractivity contribution in [1.29, 1.82) is 0 Å². The van der Waals surface area contributed by atoms with Crippen molar-refractivity contribution in [2.75, 3.05) is 0 Å². The van der Waals surface area contributed by atoms with Gasteiger partial charge in [-0.3, -0.25) is 0 Å². The highest BCUT2D eigenvalue weighted by molar-refractivity contribution is 5.78. The molecule has 2 heterocycles. The van der Waals surface area contributed by atoms with Gasteiger partial charge in [0, 0.05) is 17.8 Å². The number of hydrogen-bond donors (Lipinski definition) is 0. The predicted octanol–water partition coefficient (Wildman–Crippen LogP) is 4.96. The highest BCUT2D eigenvalue weighted by Crippen LogP contribution is 2.33. The summed E-state index contributed by atoms with van der Waals surface area (Å²) in [5, 5.41) is 0. The molecule has 4 nitrogen and oxygen atoms in total. The third kappa shape index (κ3) is 2.58. The van der Waals surface area contributed by atoms with Crippen LogP contribution in [0.3, 0.4) is 0 Å². The number of oxazole rings is 1. The van der Waals surface area contributed by atoms with E-state index < -0.39 is 5.82 Å². The fourth-order valence-electron chi connectivity index (χ4n) is 2.25. The summed E-state index contributed by atoms with van der Waals surface area (Å²) in [7, 11) is 0. The Bertz CT molecular complexity index is 1010. The molecular formula is C18H10F2N2O2. The molecule has 0 aliphatic carbocycles. The fraction of sp³-hybridized carbons (Fsp3) is 0. The number of benzene rings is 2. The van der Waals surface area contributed by atoms with E-state index in [1.54, 1.807) is 30.3 Å². The first kappa shape index (κ1) is 14.3. The summed E-state index contributed by atoms with van der Waals surface area (Å²) in [5.74, 6) is -0.185. The summed E-state index contributed by atoms with van der Waals surface area (Å²) >= 11 is 0. The second-order valence-corrected chi connectivity index (χ2v) is 5.02. The lowest BCUT2D eigenvalue weighted by atomic mass is 10.2. The summed E-state index contributed by atoms with van der Waals surface area (Å²) in [4.78, 5) is 8.38. The van der Waals surface area contributed by atoms with Crippen LogP contribution in [-0.2, 0) is 0 Å². The van der Waals surface area contributed by atoms with Gasteiger partial charge < -0.3 is 9.15 Å². The van der Waals surface area contributed by atoms with Crippen LogP contribution in [0.4, 0.5) is 8.78 Å². The summed E-state index contributed by atoms with van der Waals surface area (Å²) < 4.78 is 38.1. The van der Waals surface area contributed by atoms with E-state index >= 15 is 0 Å². The van der Waals surface area contributed by atoms with Gasteiger partial charge in [0.15, 0.2) is 17.3 Å². The first-order valence-electron chi connectivity index (χ1n) is 7.14. The molecule has 2 aromatic carbocycles. The monoisotopic (exact) mass is 324 g/mol. The van der Waals surface area contributed by atoms with Crippen molar-refractivity contribution >= 4 is 11.2 Å². The molecular weight excluding hydrogens is 314 g/mol. The molecule has 118 valence electrons. The summed E-state index contributed by atoms with van der Waals surface area (Å²) in [6.45, 7) is 0. The Balaban J connectivity index is 1.77. The molecule has 0 saturated heterocycles. The molecule has 0 amide bonds. The zero-order valence-corrected chi connectivity index (χ0v) is 12.2. The fourth-order valence-corrected chi connectivity index (χ4v) is 2.25. The van der Waals surface area contributed by atoms with Gasteiger partial charge >= 0.3 is 0 Å². The molecule has 0 aliphatic rings. The third-order valence-electron chi connectivity index (χ3n) is 3.40. The van der Waals surface area contributed by atoms with Crippen LogP contribution in [0.15, 0.2) is 65.2 Å². The van der Waals surface area contributed by atoms with Gasteiger partial charge in [-0.2, -0.15) is 4.98 Å². The van der Waals surface area contributed by atoms with E-state index in [0.717, 1.165) is 0 Å².